The predicted molar refractivity (Wildman–Crippen MR) is 90.5 cm³/mol. The molecule has 2 atom stereocenters. The minimum Gasteiger partial charge on any atom is -0.445 e. The molecule has 0 aliphatic carbocycles. The van der Waals surface area contributed by atoms with Crippen LogP contribution in [0, 0.1) is 5.92 Å². The Kier molecular flexibility index (Phi) is 8.42. The molecular formula is C17H25N3O5. The Morgan fingerprint density at radius 1 is 1.04 bits per heavy atom. The zero-order valence-corrected chi connectivity index (χ0v) is 14.6. The van der Waals surface area contributed by atoms with Crippen molar-refractivity contribution in [3.05, 3.63) is 35.9 Å². The van der Waals surface area contributed by atoms with Crippen LogP contribution in [-0.2, 0) is 20.9 Å². The summed E-state index contributed by atoms with van der Waals surface area (Å²) in [4.78, 5) is 35.5. The second-order valence-electron chi connectivity index (χ2n) is 6.09. The molecule has 0 saturated carbocycles. The maximum Gasteiger partial charge on any atom is 0.408 e. The number of ether oxygens (including phenoxy) is 1. The summed E-state index contributed by atoms with van der Waals surface area (Å²) in [5.41, 5.74) is 2.35. The molecule has 8 heteroatoms. The van der Waals surface area contributed by atoms with Crippen LogP contribution in [0.1, 0.15) is 32.8 Å². The first-order valence-electron chi connectivity index (χ1n) is 8.05. The SMILES string of the molecule is CC(C)C[C@H](NC(=O)[C@H](C)NC(=O)OCc1ccccc1)C(=O)NO. The Bertz CT molecular complexity index is 577. The van der Waals surface area contributed by atoms with Crippen molar-refractivity contribution in [1.29, 1.82) is 0 Å². The molecule has 0 bridgehead atoms. The fourth-order valence-corrected chi connectivity index (χ4v) is 2.08. The molecule has 0 saturated heterocycles. The zero-order valence-electron chi connectivity index (χ0n) is 14.6. The summed E-state index contributed by atoms with van der Waals surface area (Å²) < 4.78 is 5.04. The van der Waals surface area contributed by atoms with Crippen LogP contribution in [0.5, 0.6) is 0 Å². The van der Waals surface area contributed by atoms with Crippen LogP contribution >= 0.6 is 0 Å². The number of rotatable bonds is 8. The van der Waals surface area contributed by atoms with E-state index in [1.807, 2.05) is 44.2 Å². The predicted octanol–water partition coefficient (Wildman–Crippen LogP) is 1.34. The largest absolute Gasteiger partial charge is 0.445 e. The summed E-state index contributed by atoms with van der Waals surface area (Å²) in [6.45, 7) is 5.32. The molecule has 1 aromatic rings. The van der Waals surface area contributed by atoms with Gasteiger partial charge in [0.05, 0.1) is 0 Å². The van der Waals surface area contributed by atoms with Crippen molar-refractivity contribution in [2.75, 3.05) is 0 Å². The lowest BCUT2D eigenvalue weighted by Crippen LogP contribution is -2.52. The highest BCUT2D eigenvalue weighted by Crippen LogP contribution is 2.05. The van der Waals surface area contributed by atoms with Gasteiger partial charge in [0.1, 0.15) is 18.7 Å². The van der Waals surface area contributed by atoms with Gasteiger partial charge in [-0.25, -0.2) is 10.3 Å². The number of carbonyl (C=O) groups excluding carboxylic acids is 3. The van der Waals surface area contributed by atoms with E-state index in [2.05, 4.69) is 10.6 Å². The first kappa shape index (κ1) is 20.4. The molecule has 1 aromatic carbocycles. The number of hydroxylamine groups is 1. The van der Waals surface area contributed by atoms with Gasteiger partial charge >= 0.3 is 6.09 Å². The molecule has 3 amide bonds. The van der Waals surface area contributed by atoms with Crippen LogP contribution in [-0.4, -0.2) is 35.2 Å². The van der Waals surface area contributed by atoms with Gasteiger partial charge in [0.15, 0.2) is 0 Å². The molecule has 25 heavy (non-hydrogen) atoms. The molecule has 0 aliphatic heterocycles. The van der Waals surface area contributed by atoms with Crippen LogP contribution in [0.3, 0.4) is 0 Å². The van der Waals surface area contributed by atoms with Crippen molar-refractivity contribution in [3.63, 3.8) is 0 Å². The van der Waals surface area contributed by atoms with E-state index in [4.69, 9.17) is 9.94 Å². The summed E-state index contributed by atoms with van der Waals surface area (Å²) in [5, 5.41) is 13.6. The van der Waals surface area contributed by atoms with Gasteiger partial charge < -0.3 is 15.4 Å². The topological polar surface area (TPSA) is 117 Å². The average Bonchev–Trinajstić information content (AvgIpc) is 2.59. The van der Waals surface area contributed by atoms with Crippen LogP contribution in [0.15, 0.2) is 30.3 Å². The fourth-order valence-electron chi connectivity index (χ4n) is 2.08. The highest BCUT2D eigenvalue weighted by Gasteiger charge is 2.25. The van der Waals surface area contributed by atoms with Crippen molar-refractivity contribution in [2.24, 2.45) is 5.92 Å². The van der Waals surface area contributed by atoms with Gasteiger partial charge in [0.25, 0.3) is 5.91 Å². The minimum atomic E-state index is -0.899. The Morgan fingerprint density at radius 2 is 1.68 bits per heavy atom. The molecule has 0 heterocycles. The van der Waals surface area contributed by atoms with Gasteiger partial charge in [-0.3, -0.25) is 14.8 Å². The van der Waals surface area contributed by atoms with E-state index in [0.29, 0.717) is 6.42 Å². The van der Waals surface area contributed by atoms with E-state index in [1.54, 1.807) is 0 Å². The molecule has 0 unspecified atom stereocenters. The number of amides is 3. The third kappa shape index (κ3) is 7.67. The molecule has 0 spiro atoms. The van der Waals surface area contributed by atoms with Crippen molar-refractivity contribution in [1.82, 2.24) is 16.1 Å². The smallest absolute Gasteiger partial charge is 0.408 e. The van der Waals surface area contributed by atoms with E-state index in [-0.39, 0.29) is 12.5 Å². The van der Waals surface area contributed by atoms with Crippen molar-refractivity contribution < 1.29 is 24.3 Å². The van der Waals surface area contributed by atoms with Gasteiger partial charge in [-0.05, 0) is 24.8 Å². The van der Waals surface area contributed by atoms with E-state index in [1.165, 1.54) is 12.4 Å². The van der Waals surface area contributed by atoms with Gasteiger partial charge in [0, 0.05) is 0 Å². The lowest BCUT2D eigenvalue weighted by atomic mass is 10.0. The molecule has 1 rings (SSSR count). The van der Waals surface area contributed by atoms with E-state index >= 15 is 0 Å². The quantitative estimate of drug-likeness (QED) is 0.416. The monoisotopic (exact) mass is 351 g/mol. The first-order valence-corrected chi connectivity index (χ1v) is 8.05. The Labute approximate surface area is 146 Å². The molecule has 0 aliphatic rings. The first-order chi connectivity index (χ1) is 11.8. The number of nitrogens with one attached hydrogen (secondary N) is 3. The van der Waals surface area contributed by atoms with Crippen molar-refractivity contribution in [3.8, 4) is 0 Å². The minimum absolute atomic E-state index is 0.0872. The molecule has 138 valence electrons. The Hall–Kier alpha value is -2.61. The number of hydrogen-bond acceptors (Lipinski definition) is 5. The van der Waals surface area contributed by atoms with E-state index in [0.717, 1.165) is 5.56 Å². The van der Waals surface area contributed by atoms with Crippen LogP contribution in [0.4, 0.5) is 4.79 Å². The number of carbonyl (C=O) groups is 3. The van der Waals surface area contributed by atoms with Gasteiger partial charge in [-0.1, -0.05) is 44.2 Å². The molecule has 4 N–H and O–H groups in total. The molecule has 0 aromatic heterocycles. The zero-order chi connectivity index (χ0) is 18.8. The van der Waals surface area contributed by atoms with E-state index < -0.39 is 30.0 Å². The van der Waals surface area contributed by atoms with Crippen molar-refractivity contribution in [2.45, 2.75) is 45.9 Å². The van der Waals surface area contributed by atoms with Crippen molar-refractivity contribution >= 4 is 17.9 Å². The highest BCUT2D eigenvalue weighted by atomic mass is 16.5. The average molecular weight is 351 g/mol. The Balaban J connectivity index is 2.48. The lowest BCUT2D eigenvalue weighted by molar-refractivity contribution is -0.135. The number of alkyl carbamates (subject to hydrolysis) is 1. The summed E-state index contributed by atoms with van der Waals surface area (Å²) in [5.74, 6) is -1.13. The summed E-state index contributed by atoms with van der Waals surface area (Å²) >= 11 is 0. The standard InChI is InChI=1S/C17H25N3O5/c1-11(2)9-14(16(22)20-24)19-15(21)12(3)18-17(23)25-10-13-7-5-4-6-8-13/h4-8,11-12,14,24H,9-10H2,1-3H3,(H,18,23)(H,19,21)(H,20,22)/t12-,14-/m0/s1. The lowest BCUT2D eigenvalue weighted by Gasteiger charge is -2.21. The van der Waals surface area contributed by atoms with Gasteiger partial charge in [-0.15, -0.1) is 0 Å². The summed E-state index contributed by atoms with van der Waals surface area (Å²) in [6.07, 6.45) is -0.387. The van der Waals surface area contributed by atoms with Gasteiger partial charge in [0.2, 0.25) is 5.91 Å². The number of benzene rings is 1. The summed E-state index contributed by atoms with van der Waals surface area (Å²) in [6, 6.07) is 7.35. The van der Waals surface area contributed by atoms with E-state index in [9.17, 15) is 14.4 Å². The molecule has 8 nitrogen and oxygen atoms in total. The van der Waals surface area contributed by atoms with Crippen LogP contribution < -0.4 is 16.1 Å². The number of hydrogen-bond donors (Lipinski definition) is 4. The maximum absolute atomic E-state index is 12.1. The normalized spacial score (nSPS) is 12.8. The summed E-state index contributed by atoms with van der Waals surface area (Å²) in [7, 11) is 0. The van der Waals surface area contributed by atoms with Crippen LogP contribution in [0.25, 0.3) is 0 Å². The third-order valence-corrected chi connectivity index (χ3v) is 3.39. The fraction of sp³-hybridized carbons (Fsp3) is 0.471. The Morgan fingerprint density at radius 3 is 2.24 bits per heavy atom. The highest BCUT2D eigenvalue weighted by molar-refractivity contribution is 5.90. The van der Waals surface area contributed by atoms with Gasteiger partial charge in [-0.2, -0.15) is 0 Å². The molecular weight excluding hydrogens is 326 g/mol. The third-order valence-electron chi connectivity index (χ3n) is 3.39. The maximum atomic E-state index is 12.1. The second kappa shape index (κ2) is 10.3. The molecule has 0 radical (unpaired) electrons. The van der Waals surface area contributed by atoms with Crippen LogP contribution in [0.2, 0.25) is 0 Å². The second-order valence-corrected chi connectivity index (χ2v) is 6.09. The molecule has 0 fully saturated rings.